The summed E-state index contributed by atoms with van der Waals surface area (Å²) < 4.78 is 5.04. The molecule has 0 aliphatic carbocycles. The van der Waals surface area contributed by atoms with Crippen LogP contribution in [0.1, 0.15) is 40.5 Å². The van der Waals surface area contributed by atoms with Crippen LogP contribution in [0.25, 0.3) is 0 Å². The molecule has 1 heterocycles. The number of carbonyl (C=O) groups is 2. The Balaban J connectivity index is 2.56. The third kappa shape index (κ3) is 5.35. The van der Waals surface area contributed by atoms with Gasteiger partial charge in [-0.2, -0.15) is 11.8 Å². The summed E-state index contributed by atoms with van der Waals surface area (Å²) >= 11 is 1.97. The Labute approximate surface area is 126 Å². The predicted molar refractivity (Wildman–Crippen MR) is 82.6 cm³/mol. The first-order chi connectivity index (χ1) is 9.36. The normalized spacial score (nSPS) is 18.4. The van der Waals surface area contributed by atoms with Crippen molar-refractivity contribution in [1.29, 1.82) is 0 Å². The Hall–Kier alpha value is -0.710. The summed E-state index contributed by atoms with van der Waals surface area (Å²) in [6.45, 7) is 8.42. The molecule has 1 atom stereocenters. The van der Waals surface area contributed by atoms with Crippen molar-refractivity contribution >= 4 is 23.6 Å². The average Bonchev–Trinajstić information content (AvgIpc) is 2.36. The van der Waals surface area contributed by atoms with Crippen LogP contribution in [-0.4, -0.2) is 36.5 Å². The lowest BCUT2D eigenvalue weighted by Crippen LogP contribution is -2.45. The number of thioether (sulfide) groups is 1. The van der Waals surface area contributed by atoms with Gasteiger partial charge in [-0.05, 0) is 42.6 Å². The molecule has 0 aromatic heterocycles. The van der Waals surface area contributed by atoms with Crippen LogP contribution in [0.15, 0.2) is 0 Å². The van der Waals surface area contributed by atoms with E-state index >= 15 is 0 Å². The van der Waals surface area contributed by atoms with Gasteiger partial charge in [-0.1, -0.05) is 20.8 Å². The molecule has 1 aliphatic rings. The molecular formula is C15H27NO3S. The molecule has 0 bridgehead atoms. The third-order valence-corrected chi connectivity index (χ3v) is 4.61. The molecule has 1 saturated heterocycles. The zero-order valence-corrected chi connectivity index (χ0v) is 13.8. The van der Waals surface area contributed by atoms with Crippen LogP contribution in [0.4, 0.5) is 0 Å². The molecule has 1 N–H and O–H groups in total. The maximum absolute atomic E-state index is 12.3. The van der Waals surface area contributed by atoms with E-state index in [0.29, 0.717) is 19.1 Å². The van der Waals surface area contributed by atoms with E-state index in [0.717, 1.165) is 12.8 Å². The number of hydrogen-bond donors (Lipinski definition) is 1. The van der Waals surface area contributed by atoms with Crippen molar-refractivity contribution in [3.63, 3.8) is 0 Å². The Morgan fingerprint density at radius 3 is 2.40 bits per heavy atom. The smallest absolute Gasteiger partial charge is 0.319 e. The van der Waals surface area contributed by atoms with Crippen LogP contribution in [0.3, 0.4) is 0 Å². The Morgan fingerprint density at radius 2 is 1.90 bits per heavy atom. The summed E-state index contributed by atoms with van der Waals surface area (Å²) in [5.74, 6) is 1.52. The molecule has 1 unspecified atom stereocenters. The molecule has 0 aromatic rings. The summed E-state index contributed by atoms with van der Waals surface area (Å²) in [5, 5.41) is 2.95. The lowest BCUT2D eigenvalue weighted by atomic mass is 9.80. The summed E-state index contributed by atoms with van der Waals surface area (Å²) in [7, 11) is 0. The number of nitrogens with one attached hydrogen (secondary N) is 1. The fourth-order valence-electron chi connectivity index (χ4n) is 2.38. The van der Waals surface area contributed by atoms with Gasteiger partial charge in [-0.15, -0.1) is 0 Å². The van der Waals surface area contributed by atoms with Crippen LogP contribution < -0.4 is 5.32 Å². The molecule has 1 amide bonds. The molecule has 0 spiro atoms. The van der Waals surface area contributed by atoms with Gasteiger partial charge in [-0.3, -0.25) is 9.59 Å². The molecule has 4 nitrogen and oxygen atoms in total. The molecule has 116 valence electrons. The van der Waals surface area contributed by atoms with E-state index in [4.69, 9.17) is 4.74 Å². The van der Waals surface area contributed by atoms with E-state index in [9.17, 15) is 9.59 Å². The highest BCUT2D eigenvalue weighted by Crippen LogP contribution is 2.28. The predicted octanol–water partition coefficient (Wildman–Crippen LogP) is 2.47. The number of esters is 1. The second kappa shape index (κ2) is 7.91. The quantitative estimate of drug-likeness (QED) is 0.626. The monoisotopic (exact) mass is 301 g/mol. The second-order valence-electron chi connectivity index (χ2n) is 6.35. The molecule has 0 radical (unpaired) electrons. The van der Waals surface area contributed by atoms with Crippen molar-refractivity contribution in [3.8, 4) is 0 Å². The first kappa shape index (κ1) is 17.3. The first-order valence-corrected chi connectivity index (χ1v) is 8.53. The largest absolute Gasteiger partial charge is 0.465 e. The SMILES string of the molecule is CCOC(=O)C(C(=O)NCC1CCSCC1)C(C)(C)C. The lowest BCUT2D eigenvalue weighted by Gasteiger charge is -2.29. The van der Waals surface area contributed by atoms with Gasteiger partial charge in [0, 0.05) is 6.54 Å². The van der Waals surface area contributed by atoms with Gasteiger partial charge in [0.25, 0.3) is 0 Å². The van der Waals surface area contributed by atoms with Crippen LogP contribution in [-0.2, 0) is 14.3 Å². The molecule has 0 saturated carbocycles. The Kier molecular flexibility index (Phi) is 6.86. The number of rotatable bonds is 5. The van der Waals surface area contributed by atoms with Gasteiger partial charge in [0.15, 0.2) is 0 Å². The molecule has 1 fully saturated rings. The van der Waals surface area contributed by atoms with Crippen molar-refractivity contribution in [2.24, 2.45) is 17.3 Å². The van der Waals surface area contributed by atoms with Gasteiger partial charge < -0.3 is 10.1 Å². The van der Waals surface area contributed by atoms with Crippen molar-refractivity contribution < 1.29 is 14.3 Å². The van der Waals surface area contributed by atoms with Crippen molar-refractivity contribution in [2.45, 2.75) is 40.5 Å². The Bertz CT molecular complexity index is 333. The molecule has 20 heavy (non-hydrogen) atoms. The zero-order valence-electron chi connectivity index (χ0n) is 13.0. The first-order valence-electron chi connectivity index (χ1n) is 7.38. The second-order valence-corrected chi connectivity index (χ2v) is 7.58. The van der Waals surface area contributed by atoms with E-state index < -0.39 is 17.3 Å². The maximum atomic E-state index is 12.3. The Morgan fingerprint density at radius 1 is 1.30 bits per heavy atom. The number of ether oxygens (including phenoxy) is 1. The minimum atomic E-state index is -0.736. The minimum absolute atomic E-state index is 0.200. The van der Waals surface area contributed by atoms with Crippen LogP contribution in [0, 0.1) is 17.3 Å². The lowest BCUT2D eigenvalue weighted by molar-refractivity contribution is -0.156. The van der Waals surface area contributed by atoms with E-state index in [1.807, 2.05) is 32.5 Å². The number of hydrogen-bond acceptors (Lipinski definition) is 4. The van der Waals surface area contributed by atoms with Gasteiger partial charge >= 0.3 is 5.97 Å². The van der Waals surface area contributed by atoms with Crippen LogP contribution in [0.5, 0.6) is 0 Å². The molecule has 5 heteroatoms. The standard InChI is InChI=1S/C15H27NO3S/c1-5-19-14(18)12(15(2,3)4)13(17)16-10-11-6-8-20-9-7-11/h11-12H,5-10H2,1-4H3,(H,16,17). The topological polar surface area (TPSA) is 55.4 Å². The van der Waals surface area contributed by atoms with Crippen molar-refractivity contribution in [2.75, 3.05) is 24.7 Å². The highest BCUT2D eigenvalue weighted by Gasteiger charge is 2.38. The zero-order chi connectivity index (χ0) is 15.2. The average molecular weight is 301 g/mol. The van der Waals surface area contributed by atoms with Crippen LogP contribution >= 0.6 is 11.8 Å². The van der Waals surface area contributed by atoms with Gasteiger partial charge in [0.05, 0.1) is 6.61 Å². The van der Waals surface area contributed by atoms with Gasteiger partial charge in [0.1, 0.15) is 5.92 Å². The molecule has 1 aliphatic heterocycles. The third-order valence-electron chi connectivity index (χ3n) is 3.56. The highest BCUT2D eigenvalue weighted by atomic mass is 32.2. The van der Waals surface area contributed by atoms with Crippen LogP contribution in [0.2, 0.25) is 0 Å². The maximum Gasteiger partial charge on any atom is 0.319 e. The summed E-state index contributed by atoms with van der Waals surface area (Å²) in [6.07, 6.45) is 2.29. The van der Waals surface area contributed by atoms with E-state index in [1.54, 1.807) is 6.92 Å². The highest BCUT2D eigenvalue weighted by molar-refractivity contribution is 7.99. The summed E-state index contributed by atoms with van der Waals surface area (Å²) in [6, 6.07) is 0. The van der Waals surface area contributed by atoms with Crippen molar-refractivity contribution in [1.82, 2.24) is 5.32 Å². The van der Waals surface area contributed by atoms with Gasteiger partial charge in [-0.25, -0.2) is 0 Å². The van der Waals surface area contributed by atoms with E-state index in [1.165, 1.54) is 11.5 Å². The minimum Gasteiger partial charge on any atom is -0.465 e. The molecule has 1 rings (SSSR count). The number of amides is 1. The van der Waals surface area contributed by atoms with E-state index in [2.05, 4.69) is 5.32 Å². The molecular weight excluding hydrogens is 274 g/mol. The molecule has 0 aromatic carbocycles. The fourth-order valence-corrected chi connectivity index (χ4v) is 3.58. The summed E-state index contributed by atoms with van der Waals surface area (Å²) in [5.41, 5.74) is -0.432. The fraction of sp³-hybridized carbons (Fsp3) is 0.867. The van der Waals surface area contributed by atoms with Crippen molar-refractivity contribution in [3.05, 3.63) is 0 Å². The number of carbonyl (C=O) groups excluding carboxylic acids is 2. The van der Waals surface area contributed by atoms with Gasteiger partial charge in [0.2, 0.25) is 5.91 Å². The summed E-state index contributed by atoms with van der Waals surface area (Å²) in [4.78, 5) is 24.3. The van der Waals surface area contributed by atoms with E-state index in [-0.39, 0.29) is 5.91 Å².